The van der Waals surface area contributed by atoms with E-state index in [9.17, 15) is 15.0 Å². The number of amides is 1. The van der Waals surface area contributed by atoms with Gasteiger partial charge in [0.1, 0.15) is 0 Å². The molecule has 0 spiro atoms. The largest absolute Gasteiger partial charge is 0.394 e. The number of benzene rings is 1. The van der Waals surface area contributed by atoms with Crippen LogP contribution in [-0.2, 0) is 4.79 Å². The number of hydrogen-bond donors (Lipinski definition) is 3. The Morgan fingerprint density at radius 1 is 1.37 bits per heavy atom. The summed E-state index contributed by atoms with van der Waals surface area (Å²) in [6, 6.07) is 7.49. The molecule has 0 saturated carbocycles. The van der Waals surface area contributed by atoms with Crippen molar-refractivity contribution >= 4 is 11.6 Å². The summed E-state index contributed by atoms with van der Waals surface area (Å²) in [6.07, 6.45) is 0.323. The topological polar surface area (TPSA) is 72.8 Å². The van der Waals surface area contributed by atoms with E-state index in [0.29, 0.717) is 6.42 Å². The quantitative estimate of drug-likeness (QED) is 0.737. The Morgan fingerprint density at radius 3 is 2.63 bits per heavy atom. The monoisotopic (exact) mass is 264 g/mol. The lowest BCUT2D eigenvalue weighted by Gasteiger charge is -2.37. The predicted molar refractivity (Wildman–Crippen MR) is 72.9 cm³/mol. The lowest BCUT2D eigenvalue weighted by molar-refractivity contribution is -0.119. The van der Waals surface area contributed by atoms with Crippen LogP contribution in [0.1, 0.15) is 24.9 Å². The zero-order valence-corrected chi connectivity index (χ0v) is 11.3. The maximum absolute atomic E-state index is 12.0. The molecule has 1 heterocycles. The van der Waals surface area contributed by atoms with Crippen molar-refractivity contribution in [1.82, 2.24) is 5.32 Å². The molecular formula is C14H20N2O3. The zero-order valence-electron chi connectivity index (χ0n) is 11.3. The van der Waals surface area contributed by atoms with Crippen molar-refractivity contribution in [3.8, 4) is 0 Å². The number of para-hydroxylation sites is 1. The summed E-state index contributed by atoms with van der Waals surface area (Å²) in [6.45, 7) is 1.36. The Morgan fingerprint density at radius 2 is 2.00 bits per heavy atom. The molecule has 0 saturated heterocycles. The van der Waals surface area contributed by atoms with Gasteiger partial charge in [-0.15, -0.1) is 0 Å². The summed E-state index contributed by atoms with van der Waals surface area (Å²) in [5.41, 5.74) is 1.08. The van der Waals surface area contributed by atoms with Gasteiger partial charge in [0.15, 0.2) is 0 Å². The van der Waals surface area contributed by atoms with Crippen LogP contribution in [0.15, 0.2) is 24.3 Å². The van der Waals surface area contributed by atoms with Gasteiger partial charge in [0.2, 0.25) is 5.91 Å². The highest BCUT2D eigenvalue weighted by Gasteiger charge is 2.33. The smallest absolute Gasteiger partial charge is 0.228 e. The van der Waals surface area contributed by atoms with Gasteiger partial charge in [-0.3, -0.25) is 10.1 Å². The molecule has 1 unspecified atom stereocenters. The second-order valence-corrected chi connectivity index (χ2v) is 5.29. The number of fused-ring (bicyclic) bond motifs is 1. The van der Waals surface area contributed by atoms with Gasteiger partial charge in [0.25, 0.3) is 0 Å². The first-order valence-corrected chi connectivity index (χ1v) is 6.35. The fourth-order valence-electron chi connectivity index (χ4n) is 2.33. The van der Waals surface area contributed by atoms with Gasteiger partial charge in [-0.05, 0) is 18.6 Å². The van der Waals surface area contributed by atoms with E-state index in [4.69, 9.17) is 0 Å². The maximum atomic E-state index is 12.0. The number of aliphatic hydroxyl groups excluding tert-OH is 2. The van der Waals surface area contributed by atoms with Crippen molar-refractivity contribution in [1.29, 1.82) is 0 Å². The lowest BCUT2D eigenvalue weighted by atomic mass is 9.93. The summed E-state index contributed by atoms with van der Waals surface area (Å²) in [7, 11) is 1.76. The second kappa shape index (κ2) is 5.28. The maximum Gasteiger partial charge on any atom is 0.228 e. The highest BCUT2D eigenvalue weighted by Crippen LogP contribution is 2.34. The van der Waals surface area contributed by atoms with Crippen LogP contribution in [0.4, 0.5) is 5.69 Å². The molecule has 1 aromatic carbocycles. The average molecular weight is 264 g/mol. The molecule has 0 aromatic heterocycles. The van der Waals surface area contributed by atoms with E-state index in [1.807, 2.05) is 24.3 Å². The Bertz CT molecular complexity index is 472. The Labute approximate surface area is 112 Å². The van der Waals surface area contributed by atoms with E-state index in [1.165, 1.54) is 0 Å². The fourth-order valence-corrected chi connectivity index (χ4v) is 2.33. The number of anilines is 1. The van der Waals surface area contributed by atoms with Crippen LogP contribution in [0.2, 0.25) is 0 Å². The third kappa shape index (κ3) is 2.63. The minimum atomic E-state index is -0.798. The molecule has 5 heteroatoms. The Kier molecular flexibility index (Phi) is 3.89. The van der Waals surface area contributed by atoms with Crippen molar-refractivity contribution in [2.75, 3.05) is 25.2 Å². The minimum Gasteiger partial charge on any atom is -0.394 e. The SMILES string of the molecule is CN1C(=O)CC(NC(C)(CO)CO)c2ccccc21. The zero-order chi connectivity index (χ0) is 14.0. The Hall–Kier alpha value is -1.43. The summed E-state index contributed by atoms with van der Waals surface area (Å²) in [4.78, 5) is 13.6. The third-order valence-electron chi connectivity index (χ3n) is 3.65. The highest BCUT2D eigenvalue weighted by molar-refractivity contribution is 5.96. The van der Waals surface area contributed by atoms with Crippen molar-refractivity contribution < 1.29 is 15.0 Å². The molecule has 2 rings (SSSR count). The number of carbonyl (C=O) groups is 1. The summed E-state index contributed by atoms with van der Waals surface area (Å²) in [5, 5.41) is 21.9. The molecule has 1 aliphatic heterocycles. The van der Waals surface area contributed by atoms with E-state index in [0.717, 1.165) is 11.3 Å². The molecule has 104 valence electrons. The summed E-state index contributed by atoms with van der Waals surface area (Å²) >= 11 is 0. The molecule has 0 fully saturated rings. The van der Waals surface area contributed by atoms with Crippen molar-refractivity contribution in [3.63, 3.8) is 0 Å². The van der Waals surface area contributed by atoms with E-state index in [1.54, 1.807) is 18.9 Å². The molecule has 1 aliphatic rings. The normalized spacial score (nSPS) is 19.5. The first-order chi connectivity index (χ1) is 9.00. The van der Waals surface area contributed by atoms with Gasteiger partial charge in [-0.2, -0.15) is 0 Å². The standard InChI is InChI=1S/C14H20N2O3/c1-14(8-17,9-18)15-11-7-13(19)16(2)12-6-4-3-5-10(11)12/h3-6,11,15,17-18H,7-9H2,1-2H3. The van der Waals surface area contributed by atoms with Crippen LogP contribution in [0.3, 0.4) is 0 Å². The van der Waals surface area contributed by atoms with E-state index < -0.39 is 5.54 Å². The number of rotatable bonds is 4. The minimum absolute atomic E-state index is 0.0226. The number of hydrogen-bond acceptors (Lipinski definition) is 4. The van der Waals surface area contributed by atoms with Crippen LogP contribution in [0.5, 0.6) is 0 Å². The number of nitrogens with zero attached hydrogens (tertiary/aromatic N) is 1. The first kappa shape index (κ1) is 14.0. The molecule has 19 heavy (non-hydrogen) atoms. The molecule has 0 aliphatic carbocycles. The van der Waals surface area contributed by atoms with Crippen molar-refractivity contribution in [3.05, 3.63) is 29.8 Å². The fraction of sp³-hybridized carbons (Fsp3) is 0.500. The number of nitrogens with one attached hydrogen (secondary N) is 1. The number of carbonyl (C=O) groups excluding carboxylic acids is 1. The average Bonchev–Trinajstić information content (AvgIpc) is 2.44. The highest BCUT2D eigenvalue weighted by atomic mass is 16.3. The summed E-state index contributed by atoms with van der Waals surface area (Å²) in [5.74, 6) is 0.0226. The molecule has 5 nitrogen and oxygen atoms in total. The molecule has 3 N–H and O–H groups in total. The van der Waals surface area contributed by atoms with Gasteiger partial charge < -0.3 is 15.1 Å². The van der Waals surface area contributed by atoms with Crippen molar-refractivity contribution in [2.45, 2.75) is 24.9 Å². The van der Waals surface area contributed by atoms with Crippen LogP contribution in [0.25, 0.3) is 0 Å². The number of aliphatic hydroxyl groups is 2. The van der Waals surface area contributed by atoms with Gasteiger partial charge >= 0.3 is 0 Å². The molecular weight excluding hydrogens is 244 g/mol. The van der Waals surface area contributed by atoms with E-state index in [2.05, 4.69) is 5.32 Å². The van der Waals surface area contributed by atoms with Gasteiger partial charge in [0, 0.05) is 25.2 Å². The van der Waals surface area contributed by atoms with Crippen LogP contribution >= 0.6 is 0 Å². The van der Waals surface area contributed by atoms with E-state index >= 15 is 0 Å². The van der Waals surface area contributed by atoms with Crippen LogP contribution in [-0.4, -0.2) is 41.9 Å². The Balaban J connectivity index is 2.32. The molecule has 0 bridgehead atoms. The van der Waals surface area contributed by atoms with Gasteiger partial charge in [0.05, 0.1) is 18.8 Å². The molecule has 1 amide bonds. The first-order valence-electron chi connectivity index (χ1n) is 6.35. The predicted octanol–water partition coefficient (Wildman–Crippen LogP) is 0.427. The van der Waals surface area contributed by atoms with Crippen LogP contribution in [0, 0.1) is 0 Å². The molecule has 1 aromatic rings. The summed E-state index contributed by atoms with van der Waals surface area (Å²) < 4.78 is 0. The van der Waals surface area contributed by atoms with Gasteiger partial charge in [-0.25, -0.2) is 0 Å². The third-order valence-corrected chi connectivity index (χ3v) is 3.65. The lowest BCUT2D eigenvalue weighted by Crippen LogP contribution is -2.52. The molecule has 0 radical (unpaired) electrons. The van der Waals surface area contributed by atoms with Crippen molar-refractivity contribution in [2.24, 2.45) is 0 Å². The van der Waals surface area contributed by atoms with E-state index in [-0.39, 0.29) is 25.2 Å². The molecule has 1 atom stereocenters. The van der Waals surface area contributed by atoms with Gasteiger partial charge in [-0.1, -0.05) is 18.2 Å². The van der Waals surface area contributed by atoms with Crippen LogP contribution < -0.4 is 10.2 Å². The second-order valence-electron chi connectivity index (χ2n) is 5.29.